The third kappa shape index (κ3) is 4.26. The Labute approximate surface area is 125 Å². The third-order valence-corrected chi connectivity index (χ3v) is 3.35. The molecule has 20 heavy (non-hydrogen) atoms. The Balaban J connectivity index is 1.99. The van der Waals surface area contributed by atoms with E-state index in [-0.39, 0.29) is 0 Å². The summed E-state index contributed by atoms with van der Waals surface area (Å²) in [4.78, 5) is 0. The highest BCUT2D eigenvalue weighted by Crippen LogP contribution is 2.26. The monoisotopic (exact) mass is 289 g/mol. The van der Waals surface area contributed by atoms with Crippen LogP contribution in [0.2, 0.25) is 5.02 Å². The molecular formula is C17H20ClNO. The lowest BCUT2D eigenvalue weighted by atomic mass is 10.1. The normalized spacial score (nSPS) is 10.6. The Kier molecular flexibility index (Phi) is 5.45. The molecule has 0 aliphatic heterocycles. The van der Waals surface area contributed by atoms with E-state index in [1.807, 2.05) is 24.3 Å². The van der Waals surface area contributed by atoms with E-state index < -0.39 is 0 Å². The quantitative estimate of drug-likeness (QED) is 0.854. The molecule has 0 aliphatic carbocycles. The second-order valence-electron chi connectivity index (χ2n) is 4.82. The molecule has 0 aliphatic rings. The number of hydrogen-bond donors (Lipinski definition) is 1. The van der Waals surface area contributed by atoms with Gasteiger partial charge >= 0.3 is 0 Å². The van der Waals surface area contributed by atoms with Gasteiger partial charge in [0, 0.05) is 6.54 Å². The van der Waals surface area contributed by atoms with E-state index >= 15 is 0 Å². The summed E-state index contributed by atoms with van der Waals surface area (Å²) in [5.74, 6) is 0.730. The van der Waals surface area contributed by atoms with Gasteiger partial charge in [-0.15, -0.1) is 0 Å². The molecule has 2 rings (SSSR count). The highest BCUT2D eigenvalue weighted by molar-refractivity contribution is 6.32. The number of hydrogen-bond acceptors (Lipinski definition) is 2. The first-order chi connectivity index (χ1) is 9.69. The lowest BCUT2D eigenvalue weighted by Crippen LogP contribution is -2.11. The fourth-order valence-electron chi connectivity index (χ4n) is 2.00. The highest BCUT2D eigenvalue weighted by Gasteiger charge is 2.04. The van der Waals surface area contributed by atoms with Crippen LogP contribution >= 0.6 is 11.6 Å². The summed E-state index contributed by atoms with van der Waals surface area (Å²) in [5.41, 5.74) is 3.55. The molecule has 0 atom stereocenters. The predicted molar refractivity (Wildman–Crippen MR) is 84.3 cm³/mol. The minimum absolute atomic E-state index is 0.536. The van der Waals surface area contributed by atoms with Gasteiger partial charge in [0.15, 0.2) is 0 Å². The standard InChI is InChI=1S/C17H20ClNO/c1-3-19-11-14-7-8-17(16(18)10-14)20-12-15-6-4-5-13(2)9-15/h4-10,19H,3,11-12H2,1-2H3. The zero-order chi connectivity index (χ0) is 14.4. The zero-order valence-corrected chi connectivity index (χ0v) is 12.7. The summed E-state index contributed by atoms with van der Waals surface area (Å²) >= 11 is 6.25. The SMILES string of the molecule is CCNCc1ccc(OCc2cccc(C)c2)c(Cl)c1. The van der Waals surface area contributed by atoms with Gasteiger partial charge in [0.1, 0.15) is 12.4 Å². The van der Waals surface area contributed by atoms with Crippen molar-refractivity contribution in [3.05, 3.63) is 64.2 Å². The van der Waals surface area contributed by atoms with E-state index in [4.69, 9.17) is 16.3 Å². The molecule has 0 unspecified atom stereocenters. The van der Waals surface area contributed by atoms with Gasteiger partial charge in [0.05, 0.1) is 5.02 Å². The molecule has 0 saturated carbocycles. The van der Waals surface area contributed by atoms with Crippen molar-refractivity contribution in [1.29, 1.82) is 0 Å². The molecule has 1 N–H and O–H groups in total. The highest BCUT2D eigenvalue weighted by atomic mass is 35.5. The van der Waals surface area contributed by atoms with E-state index in [1.54, 1.807) is 0 Å². The van der Waals surface area contributed by atoms with Gasteiger partial charge in [-0.25, -0.2) is 0 Å². The summed E-state index contributed by atoms with van der Waals surface area (Å²) < 4.78 is 5.78. The van der Waals surface area contributed by atoms with Crippen molar-refractivity contribution in [2.24, 2.45) is 0 Å². The summed E-state index contributed by atoms with van der Waals surface area (Å²) in [6, 6.07) is 14.2. The van der Waals surface area contributed by atoms with Gasteiger partial charge in [0.2, 0.25) is 0 Å². The molecule has 3 heteroatoms. The predicted octanol–water partition coefficient (Wildman–Crippen LogP) is 4.34. The van der Waals surface area contributed by atoms with Gasteiger partial charge < -0.3 is 10.1 Å². The molecule has 0 saturated heterocycles. The number of nitrogens with one attached hydrogen (secondary N) is 1. The Morgan fingerprint density at radius 1 is 1.10 bits per heavy atom. The second kappa shape index (κ2) is 7.32. The maximum atomic E-state index is 6.25. The van der Waals surface area contributed by atoms with Crippen molar-refractivity contribution in [2.75, 3.05) is 6.54 Å². The van der Waals surface area contributed by atoms with E-state index in [0.29, 0.717) is 11.6 Å². The van der Waals surface area contributed by atoms with Crippen LogP contribution in [0, 0.1) is 6.92 Å². The van der Waals surface area contributed by atoms with Crippen LogP contribution in [-0.4, -0.2) is 6.54 Å². The average molecular weight is 290 g/mol. The smallest absolute Gasteiger partial charge is 0.138 e. The molecular weight excluding hydrogens is 270 g/mol. The van der Waals surface area contributed by atoms with Gasteiger partial charge in [-0.2, -0.15) is 0 Å². The first kappa shape index (κ1) is 14.9. The summed E-state index contributed by atoms with van der Waals surface area (Å²) in [6.45, 7) is 6.47. The van der Waals surface area contributed by atoms with Crippen molar-refractivity contribution in [3.8, 4) is 5.75 Å². The van der Waals surface area contributed by atoms with Crippen LogP contribution in [0.5, 0.6) is 5.75 Å². The van der Waals surface area contributed by atoms with E-state index in [0.717, 1.165) is 24.4 Å². The lowest BCUT2D eigenvalue weighted by Gasteiger charge is -2.10. The molecule has 0 spiro atoms. The summed E-state index contributed by atoms with van der Waals surface area (Å²) in [5, 5.41) is 3.94. The number of ether oxygens (including phenoxy) is 1. The maximum Gasteiger partial charge on any atom is 0.138 e. The van der Waals surface area contributed by atoms with Crippen LogP contribution in [0.3, 0.4) is 0 Å². The van der Waals surface area contributed by atoms with Crippen LogP contribution in [0.1, 0.15) is 23.6 Å². The Morgan fingerprint density at radius 2 is 1.95 bits per heavy atom. The van der Waals surface area contributed by atoms with Crippen molar-refractivity contribution in [1.82, 2.24) is 5.32 Å². The topological polar surface area (TPSA) is 21.3 Å². The molecule has 0 bridgehead atoms. The first-order valence-electron chi connectivity index (χ1n) is 6.86. The summed E-state index contributed by atoms with van der Waals surface area (Å²) in [7, 11) is 0. The van der Waals surface area contributed by atoms with E-state index in [9.17, 15) is 0 Å². The third-order valence-electron chi connectivity index (χ3n) is 3.05. The molecule has 0 aromatic heterocycles. The van der Waals surface area contributed by atoms with Crippen molar-refractivity contribution in [2.45, 2.75) is 27.0 Å². The van der Waals surface area contributed by atoms with Crippen LogP contribution < -0.4 is 10.1 Å². The van der Waals surface area contributed by atoms with E-state index in [1.165, 1.54) is 11.1 Å². The Bertz CT molecular complexity index is 569. The second-order valence-corrected chi connectivity index (χ2v) is 5.23. The minimum Gasteiger partial charge on any atom is -0.487 e. The Morgan fingerprint density at radius 3 is 2.65 bits per heavy atom. The first-order valence-corrected chi connectivity index (χ1v) is 7.24. The molecule has 0 radical (unpaired) electrons. The number of rotatable bonds is 6. The molecule has 2 aromatic rings. The van der Waals surface area contributed by atoms with Crippen LogP contribution in [0.25, 0.3) is 0 Å². The number of benzene rings is 2. The van der Waals surface area contributed by atoms with Gasteiger partial charge in [-0.3, -0.25) is 0 Å². The van der Waals surface area contributed by atoms with Crippen molar-refractivity contribution in [3.63, 3.8) is 0 Å². The minimum atomic E-state index is 0.536. The number of halogens is 1. The van der Waals surface area contributed by atoms with Gasteiger partial charge in [-0.1, -0.05) is 54.4 Å². The average Bonchev–Trinajstić information content (AvgIpc) is 2.44. The summed E-state index contributed by atoms with van der Waals surface area (Å²) in [6.07, 6.45) is 0. The van der Waals surface area contributed by atoms with Crippen LogP contribution in [0.4, 0.5) is 0 Å². The van der Waals surface area contributed by atoms with Crippen LogP contribution in [0.15, 0.2) is 42.5 Å². The number of aryl methyl sites for hydroxylation is 1. The van der Waals surface area contributed by atoms with Crippen molar-refractivity contribution < 1.29 is 4.74 Å². The molecule has 2 aromatic carbocycles. The van der Waals surface area contributed by atoms with Gasteiger partial charge in [0.25, 0.3) is 0 Å². The molecule has 0 heterocycles. The molecule has 106 valence electrons. The van der Waals surface area contributed by atoms with E-state index in [2.05, 4.69) is 37.4 Å². The molecule has 2 nitrogen and oxygen atoms in total. The van der Waals surface area contributed by atoms with Gasteiger partial charge in [-0.05, 0) is 36.7 Å². The fraction of sp³-hybridized carbons (Fsp3) is 0.294. The Hall–Kier alpha value is -1.51. The fourth-order valence-corrected chi connectivity index (χ4v) is 2.26. The molecule has 0 amide bonds. The molecule has 0 fully saturated rings. The van der Waals surface area contributed by atoms with Crippen molar-refractivity contribution >= 4 is 11.6 Å². The van der Waals surface area contributed by atoms with Crippen LogP contribution in [-0.2, 0) is 13.2 Å². The largest absolute Gasteiger partial charge is 0.487 e. The zero-order valence-electron chi connectivity index (χ0n) is 11.9. The maximum absolute atomic E-state index is 6.25. The lowest BCUT2D eigenvalue weighted by molar-refractivity contribution is 0.306.